The maximum Gasteiger partial charge on any atom is 0.306 e. The van der Waals surface area contributed by atoms with E-state index in [9.17, 15) is 14.4 Å². The molecule has 7 nitrogen and oxygen atoms in total. The van der Waals surface area contributed by atoms with Crippen LogP contribution in [0, 0.1) is 0 Å². The normalized spacial score (nSPS) is 18.6. The number of thioether (sulfide) groups is 1. The van der Waals surface area contributed by atoms with Crippen LogP contribution < -0.4 is 10.1 Å². The maximum absolute atomic E-state index is 12.0. The molecule has 0 bridgehead atoms. The van der Waals surface area contributed by atoms with Crippen molar-refractivity contribution in [1.29, 1.82) is 0 Å². The number of unbranched alkanes of at least 4 members (excludes halogenated alkanes) is 1. The number of esters is 1. The third-order valence-electron chi connectivity index (χ3n) is 5.47. The summed E-state index contributed by atoms with van der Waals surface area (Å²) in [5, 5.41) is 2.04. The Morgan fingerprint density at radius 2 is 1.94 bits per heavy atom. The van der Waals surface area contributed by atoms with Crippen molar-refractivity contribution in [2.45, 2.75) is 63.7 Å². The first-order valence-electron chi connectivity index (χ1n) is 11.2. The number of aromatic nitrogens is 1. The lowest BCUT2D eigenvalue weighted by Crippen LogP contribution is -2.35. The summed E-state index contributed by atoms with van der Waals surface area (Å²) in [5.41, 5.74) is 2.72. The highest BCUT2D eigenvalue weighted by Crippen LogP contribution is 2.34. The average molecular weight is 471 g/mol. The Kier molecular flexibility index (Phi) is 8.49. The number of amides is 2. The van der Waals surface area contributed by atoms with Gasteiger partial charge in [-0.05, 0) is 62.2 Å². The van der Waals surface area contributed by atoms with Crippen molar-refractivity contribution in [2.24, 2.45) is 0 Å². The lowest BCUT2D eigenvalue weighted by atomic mass is 9.99. The lowest BCUT2D eigenvalue weighted by molar-refractivity contribution is -0.148. The first-order valence-corrected chi connectivity index (χ1v) is 12.0. The molecule has 1 aromatic heterocycles. The number of ether oxygens (including phenoxy) is 2. The molecule has 2 atom stereocenters. The summed E-state index contributed by atoms with van der Waals surface area (Å²) in [6.45, 7) is 6.14. The molecule has 1 aliphatic rings. The predicted octanol–water partition coefficient (Wildman–Crippen LogP) is 4.78. The molecule has 0 aliphatic carbocycles. The summed E-state index contributed by atoms with van der Waals surface area (Å²) in [6.07, 6.45) is 4.78. The van der Waals surface area contributed by atoms with E-state index in [0.29, 0.717) is 25.9 Å². The van der Waals surface area contributed by atoms with E-state index in [1.807, 2.05) is 50.2 Å². The number of rotatable bonds is 11. The highest BCUT2D eigenvalue weighted by Gasteiger charge is 2.43. The number of imide groups is 1. The van der Waals surface area contributed by atoms with Gasteiger partial charge in [0.15, 0.2) is 0 Å². The van der Waals surface area contributed by atoms with E-state index in [1.165, 1.54) is 0 Å². The van der Waals surface area contributed by atoms with E-state index in [-0.39, 0.29) is 23.2 Å². The molecule has 2 heterocycles. The molecule has 0 radical (unpaired) electrons. The number of nitrogens with one attached hydrogen (secondary N) is 1. The zero-order chi connectivity index (χ0) is 23.8. The molecule has 1 fully saturated rings. The van der Waals surface area contributed by atoms with Crippen molar-refractivity contribution < 1.29 is 23.9 Å². The van der Waals surface area contributed by atoms with E-state index >= 15 is 0 Å². The summed E-state index contributed by atoms with van der Waals surface area (Å²) in [5.74, 6) is 0.300. The van der Waals surface area contributed by atoms with Crippen molar-refractivity contribution in [3.63, 3.8) is 0 Å². The Hall–Kier alpha value is -2.87. The van der Waals surface area contributed by atoms with Crippen LogP contribution >= 0.6 is 11.8 Å². The van der Waals surface area contributed by atoms with Gasteiger partial charge >= 0.3 is 5.97 Å². The van der Waals surface area contributed by atoms with Gasteiger partial charge in [0.1, 0.15) is 16.6 Å². The van der Waals surface area contributed by atoms with E-state index in [1.54, 1.807) is 13.1 Å². The Bertz CT molecular complexity index is 977. The third kappa shape index (κ3) is 7.05. The molecule has 1 aromatic carbocycles. The fourth-order valence-corrected chi connectivity index (χ4v) is 4.39. The SMILES string of the molecule is CCCCC(=O)OC(C)c1ccc(CCOc2ccc(CC3(C)SC(=O)NC3=O)cc2)nc1. The van der Waals surface area contributed by atoms with Gasteiger partial charge in [0.05, 0.1) is 6.61 Å². The second-order valence-electron chi connectivity index (χ2n) is 8.31. The van der Waals surface area contributed by atoms with Gasteiger partial charge in [0, 0.05) is 30.3 Å². The summed E-state index contributed by atoms with van der Waals surface area (Å²) >= 11 is 1.03. The van der Waals surface area contributed by atoms with Gasteiger partial charge < -0.3 is 9.47 Å². The van der Waals surface area contributed by atoms with Gasteiger partial charge in [0.2, 0.25) is 5.91 Å². The summed E-state index contributed by atoms with van der Waals surface area (Å²) < 4.78 is 10.5. The first-order chi connectivity index (χ1) is 15.8. The number of carbonyl (C=O) groups excluding carboxylic acids is 3. The molecule has 33 heavy (non-hydrogen) atoms. The quantitative estimate of drug-likeness (QED) is 0.472. The van der Waals surface area contributed by atoms with Crippen LogP contribution in [0.5, 0.6) is 5.75 Å². The molecular weight excluding hydrogens is 440 g/mol. The number of carbonyl (C=O) groups is 3. The number of hydrogen-bond acceptors (Lipinski definition) is 7. The molecule has 3 rings (SSSR count). The van der Waals surface area contributed by atoms with Gasteiger partial charge in [0.25, 0.3) is 5.24 Å². The molecule has 0 spiro atoms. The predicted molar refractivity (Wildman–Crippen MR) is 127 cm³/mol. The first kappa shape index (κ1) is 24.8. The second kappa shape index (κ2) is 11.3. The number of nitrogens with zero attached hydrogens (tertiary/aromatic N) is 1. The smallest absolute Gasteiger partial charge is 0.306 e. The largest absolute Gasteiger partial charge is 0.493 e. The number of hydrogen-bond donors (Lipinski definition) is 1. The minimum Gasteiger partial charge on any atom is -0.493 e. The van der Waals surface area contributed by atoms with Crippen LogP contribution in [0.25, 0.3) is 0 Å². The van der Waals surface area contributed by atoms with Crippen LogP contribution in [0.4, 0.5) is 4.79 Å². The fraction of sp³-hybridized carbons (Fsp3) is 0.440. The zero-order valence-electron chi connectivity index (χ0n) is 19.3. The third-order valence-corrected chi connectivity index (χ3v) is 6.53. The van der Waals surface area contributed by atoms with Gasteiger partial charge in [-0.25, -0.2) is 0 Å². The lowest BCUT2D eigenvalue weighted by Gasteiger charge is -2.18. The van der Waals surface area contributed by atoms with Crippen LogP contribution in [0.15, 0.2) is 42.6 Å². The molecule has 8 heteroatoms. The monoisotopic (exact) mass is 470 g/mol. The molecule has 2 unspecified atom stereocenters. The van der Waals surface area contributed by atoms with Gasteiger partial charge in [-0.3, -0.25) is 24.7 Å². The van der Waals surface area contributed by atoms with Crippen LogP contribution in [0.1, 0.15) is 63.0 Å². The van der Waals surface area contributed by atoms with Crippen molar-refractivity contribution in [2.75, 3.05) is 6.61 Å². The number of benzene rings is 1. The minimum atomic E-state index is -0.775. The van der Waals surface area contributed by atoms with Crippen molar-refractivity contribution in [3.05, 3.63) is 59.4 Å². The molecule has 176 valence electrons. The fourth-order valence-electron chi connectivity index (χ4n) is 3.45. The highest BCUT2D eigenvalue weighted by molar-refractivity contribution is 8.16. The van der Waals surface area contributed by atoms with Crippen LogP contribution in [-0.4, -0.2) is 33.5 Å². The molecular formula is C25H30N2O5S. The maximum atomic E-state index is 12.0. The van der Waals surface area contributed by atoms with E-state index in [0.717, 1.165) is 47.2 Å². The molecule has 0 saturated carbocycles. The Balaban J connectivity index is 1.44. The number of pyridine rings is 1. The van der Waals surface area contributed by atoms with Crippen LogP contribution in [0.3, 0.4) is 0 Å². The summed E-state index contributed by atoms with van der Waals surface area (Å²) in [4.78, 5) is 39.7. The van der Waals surface area contributed by atoms with Crippen LogP contribution in [-0.2, 0) is 27.2 Å². The van der Waals surface area contributed by atoms with Crippen LogP contribution in [0.2, 0.25) is 0 Å². The van der Waals surface area contributed by atoms with Crippen molar-refractivity contribution in [3.8, 4) is 5.75 Å². The van der Waals surface area contributed by atoms with Gasteiger partial charge in [-0.1, -0.05) is 31.5 Å². The van der Waals surface area contributed by atoms with E-state index in [4.69, 9.17) is 9.47 Å². The van der Waals surface area contributed by atoms with Gasteiger partial charge in [-0.2, -0.15) is 0 Å². The second-order valence-corrected chi connectivity index (χ2v) is 9.79. The Labute approximate surface area is 198 Å². The standard InChI is InChI=1S/C25H30N2O5S/c1-4-5-6-22(28)32-17(2)19-9-10-20(26-16-19)13-14-31-21-11-7-18(8-12-21)15-25(3)23(29)27-24(30)33-25/h7-12,16-17H,4-6,13-15H2,1-3H3,(H,27,29,30). The van der Waals surface area contributed by atoms with Gasteiger partial charge in [-0.15, -0.1) is 0 Å². The molecule has 2 amide bonds. The topological polar surface area (TPSA) is 94.6 Å². The zero-order valence-corrected chi connectivity index (χ0v) is 20.1. The Morgan fingerprint density at radius 3 is 2.55 bits per heavy atom. The summed E-state index contributed by atoms with van der Waals surface area (Å²) in [7, 11) is 0. The van der Waals surface area contributed by atoms with E-state index < -0.39 is 4.75 Å². The molecule has 1 saturated heterocycles. The summed E-state index contributed by atoms with van der Waals surface area (Å²) in [6, 6.07) is 11.4. The van der Waals surface area contributed by atoms with Crippen molar-refractivity contribution in [1.82, 2.24) is 10.3 Å². The molecule has 1 aliphatic heterocycles. The molecule has 2 aromatic rings. The minimum absolute atomic E-state index is 0.180. The highest BCUT2D eigenvalue weighted by atomic mass is 32.2. The Morgan fingerprint density at radius 1 is 1.18 bits per heavy atom. The van der Waals surface area contributed by atoms with Crippen molar-refractivity contribution >= 4 is 28.9 Å². The van der Waals surface area contributed by atoms with E-state index in [2.05, 4.69) is 10.3 Å². The average Bonchev–Trinajstić information content (AvgIpc) is 3.04. The molecule has 1 N–H and O–H groups in total.